The Morgan fingerprint density at radius 2 is 1.74 bits per heavy atom. The molecular weight excluding hydrogens is 340 g/mol. The molecule has 3 heterocycles. The van der Waals surface area contributed by atoms with E-state index in [0.29, 0.717) is 13.2 Å². The third kappa shape index (κ3) is 1.93. The third-order valence-electron chi connectivity index (χ3n) is 6.68. The second kappa shape index (κ2) is 5.57. The van der Waals surface area contributed by atoms with Gasteiger partial charge in [-0.1, -0.05) is 53.7 Å². The molecule has 138 valence electrons. The van der Waals surface area contributed by atoms with Gasteiger partial charge in [-0.2, -0.15) is 0 Å². The van der Waals surface area contributed by atoms with Crippen LogP contribution in [0.4, 0.5) is 5.69 Å². The number of anilines is 1. The summed E-state index contributed by atoms with van der Waals surface area (Å²) in [6, 6.07) is 19.2. The lowest BCUT2D eigenvalue weighted by atomic mass is 9.77. The van der Waals surface area contributed by atoms with Gasteiger partial charge in [0.1, 0.15) is 0 Å². The molecule has 0 unspecified atom stereocenters. The van der Waals surface area contributed by atoms with Gasteiger partial charge in [-0.25, -0.2) is 0 Å². The minimum atomic E-state index is -0.230. The van der Waals surface area contributed by atoms with Gasteiger partial charge < -0.3 is 19.2 Å². The summed E-state index contributed by atoms with van der Waals surface area (Å²) in [7, 11) is 2.10. The molecule has 1 saturated heterocycles. The minimum absolute atomic E-state index is 0.0949. The van der Waals surface area contributed by atoms with Gasteiger partial charge in [0.2, 0.25) is 6.23 Å². The van der Waals surface area contributed by atoms with E-state index in [1.165, 1.54) is 16.8 Å². The Bertz CT molecular complexity index is 909. The van der Waals surface area contributed by atoms with Gasteiger partial charge in [0.15, 0.2) is 6.29 Å². The summed E-state index contributed by atoms with van der Waals surface area (Å²) in [5.41, 5.74) is 4.70. The third-order valence-corrected chi connectivity index (χ3v) is 6.68. The summed E-state index contributed by atoms with van der Waals surface area (Å²) in [6.45, 7) is 1.33. The highest BCUT2D eigenvalue weighted by Gasteiger charge is 2.67. The maximum Gasteiger partial charge on any atom is 0.215 e. The van der Waals surface area contributed by atoms with E-state index in [1.807, 2.05) is 0 Å². The van der Waals surface area contributed by atoms with Crippen LogP contribution < -0.4 is 4.90 Å². The molecule has 5 nitrogen and oxygen atoms in total. The van der Waals surface area contributed by atoms with Crippen LogP contribution in [0.1, 0.15) is 23.5 Å². The van der Waals surface area contributed by atoms with Gasteiger partial charge in [0.05, 0.1) is 24.3 Å². The first-order valence-electron chi connectivity index (χ1n) is 9.65. The molecule has 27 heavy (non-hydrogen) atoms. The number of likely N-dealkylation sites (N-methyl/N-ethyl adjacent to an activating group) is 1. The molecule has 5 heteroatoms. The fraction of sp³-hybridized carbons (Fsp3) is 0.409. The highest BCUT2D eigenvalue weighted by molar-refractivity contribution is 6.06. The maximum absolute atomic E-state index is 6.02. The fourth-order valence-corrected chi connectivity index (χ4v) is 5.65. The van der Waals surface area contributed by atoms with Gasteiger partial charge in [-0.05, 0) is 23.6 Å². The fourth-order valence-electron chi connectivity index (χ4n) is 5.65. The summed E-state index contributed by atoms with van der Waals surface area (Å²) in [5.74, 6) is 0.360. The Balaban J connectivity index is 1.53. The zero-order valence-electron chi connectivity index (χ0n) is 15.2. The van der Waals surface area contributed by atoms with Crippen LogP contribution in [-0.4, -0.2) is 38.5 Å². The summed E-state index contributed by atoms with van der Waals surface area (Å²) in [6.07, 6.45) is 0.640. The molecule has 1 aliphatic carbocycles. The molecule has 4 aliphatic rings. The van der Waals surface area contributed by atoms with E-state index in [2.05, 4.69) is 71.7 Å². The van der Waals surface area contributed by atoms with Crippen molar-refractivity contribution in [2.45, 2.75) is 30.3 Å². The van der Waals surface area contributed by atoms with Crippen LogP contribution >= 0.6 is 0 Å². The van der Waals surface area contributed by atoms with Crippen LogP contribution in [0.25, 0.3) is 0 Å². The van der Waals surface area contributed by atoms with Crippen molar-refractivity contribution in [3.63, 3.8) is 0 Å². The van der Waals surface area contributed by atoms with Gasteiger partial charge in [0, 0.05) is 24.6 Å². The molecule has 3 aliphatic heterocycles. The molecule has 0 N–H and O–H groups in total. The smallest absolute Gasteiger partial charge is 0.215 e. The summed E-state index contributed by atoms with van der Waals surface area (Å²) in [5, 5.41) is 4.67. The molecule has 2 aromatic rings. The number of rotatable bonds is 2. The lowest BCUT2D eigenvalue weighted by Gasteiger charge is -2.28. The van der Waals surface area contributed by atoms with Gasteiger partial charge >= 0.3 is 0 Å². The Kier molecular flexibility index (Phi) is 3.23. The van der Waals surface area contributed by atoms with Crippen molar-refractivity contribution < 1.29 is 14.3 Å². The molecule has 1 spiro atoms. The van der Waals surface area contributed by atoms with Crippen LogP contribution in [0.3, 0.4) is 0 Å². The average molecular weight is 362 g/mol. The van der Waals surface area contributed by atoms with Crippen molar-refractivity contribution in [2.75, 3.05) is 25.2 Å². The van der Waals surface area contributed by atoms with Crippen LogP contribution in [0, 0.1) is 5.92 Å². The molecule has 0 aromatic heterocycles. The molecule has 0 amide bonds. The number of para-hydroxylation sites is 1. The number of fused-ring (bicyclic) bond motifs is 1. The van der Waals surface area contributed by atoms with E-state index < -0.39 is 0 Å². The summed E-state index contributed by atoms with van der Waals surface area (Å²) < 4.78 is 12.0. The number of ether oxygens (including phenoxy) is 2. The Morgan fingerprint density at radius 1 is 1.00 bits per heavy atom. The summed E-state index contributed by atoms with van der Waals surface area (Å²) in [4.78, 5) is 8.25. The average Bonchev–Trinajstić information content (AvgIpc) is 3.45. The number of hydrogen-bond donors (Lipinski definition) is 0. The monoisotopic (exact) mass is 362 g/mol. The zero-order valence-corrected chi connectivity index (χ0v) is 15.2. The predicted octanol–water partition coefficient (Wildman–Crippen LogP) is 3.26. The topological polar surface area (TPSA) is 43.3 Å². The number of benzene rings is 2. The first-order chi connectivity index (χ1) is 13.3. The van der Waals surface area contributed by atoms with Crippen molar-refractivity contribution in [1.82, 2.24) is 0 Å². The highest BCUT2D eigenvalue weighted by atomic mass is 16.7. The Morgan fingerprint density at radius 3 is 2.56 bits per heavy atom. The molecule has 0 radical (unpaired) electrons. The van der Waals surface area contributed by atoms with Crippen LogP contribution in [0.2, 0.25) is 0 Å². The minimum Gasteiger partial charge on any atom is -0.369 e. The van der Waals surface area contributed by atoms with Gasteiger partial charge in [-0.15, -0.1) is 0 Å². The van der Waals surface area contributed by atoms with Crippen LogP contribution in [0.5, 0.6) is 0 Å². The van der Waals surface area contributed by atoms with Crippen molar-refractivity contribution >= 4 is 11.4 Å². The largest absolute Gasteiger partial charge is 0.369 e. The second-order valence-electron chi connectivity index (χ2n) is 7.90. The SMILES string of the molecule is CN1c2ccccc2[C@]23C[C@@H](C4OCCO4)[C@@H](c4ccccc4)C2=NO[C@H]13. The van der Waals surface area contributed by atoms with Gasteiger partial charge in [-0.3, -0.25) is 0 Å². The normalized spacial score (nSPS) is 34.2. The van der Waals surface area contributed by atoms with Crippen molar-refractivity contribution in [1.29, 1.82) is 0 Å². The Labute approximate surface area is 158 Å². The first kappa shape index (κ1) is 15.7. The second-order valence-corrected chi connectivity index (χ2v) is 7.90. The molecule has 0 bridgehead atoms. The lowest BCUT2D eigenvalue weighted by Crippen LogP contribution is -2.43. The molecular formula is C22H22N2O3. The van der Waals surface area contributed by atoms with E-state index in [0.717, 1.165) is 12.1 Å². The Hall–Kier alpha value is -2.37. The molecule has 6 rings (SSSR count). The maximum atomic E-state index is 6.02. The molecule has 2 aromatic carbocycles. The number of hydrogen-bond acceptors (Lipinski definition) is 5. The van der Waals surface area contributed by atoms with Crippen LogP contribution in [-0.2, 0) is 19.7 Å². The van der Waals surface area contributed by atoms with Crippen molar-refractivity contribution in [3.05, 3.63) is 65.7 Å². The number of oxime groups is 1. The van der Waals surface area contributed by atoms with E-state index in [9.17, 15) is 0 Å². The molecule has 4 atom stereocenters. The van der Waals surface area contributed by atoms with Crippen molar-refractivity contribution in [2.24, 2.45) is 11.1 Å². The van der Waals surface area contributed by atoms with Gasteiger partial charge in [0.25, 0.3) is 0 Å². The standard InChI is InChI=1S/C22H22N2O3/c1-24-17-10-6-5-9-16(17)22-13-15(20-25-11-12-26-20)18(14-7-3-2-4-8-14)19(22)23-27-21(22)24/h2-10,15,18,20-21H,11-13H2,1H3/t15-,18-,21+,22-/m1/s1. The van der Waals surface area contributed by atoms with E-state index in [1.54, 1.807) is 0 Å². The first-order valence-corrected chi connectivity index (χ1v) is 9.65. The quantitative estimate of drug-likeness (QED) is 0.822. The highest BCUT2D eigenvalue weighted by Crippen LogP contribution is 2.61. The van der Waals surface area contributed by atoms with Crippen LogP contribution in [0.15, 0.2) is 59.8 Å². The molecule has 2 fully saturated rings. The van der Waals surface area contributed by atoms with E-state index in [4.69, 9.17) is 14.3 Å². The summed E-state index contributed by atoms with van der Waals surface area (Å²) >= 11 is 0. The lowest BCUT2D eigenvalue weighted by molar-refractivity contribution is -0.0895. The van der Waals surface area contributed by atoms with Crippen molar-refractivity contribution in [3.8, 4) is 0 Å². The van der Waals surface area contributed by atoms with E-state index >= 15 is 0 Å². The zero-order chi connectivity index (χ0) is 18.0. The van der Waals surface area contributed by atoms with E-state index in [-0.39, 0.29) is 29.8 Å². The molecule has 1 saturated carbocycles. The predicted molar refractivity (Wildman–Crippen MR) is 102 cm³/mol. The number of nitrogens with zero attached hydrogens (tertiary/aromatic N) is 2.